The quantitative estimate of drug-likeness (QED) is 0.272. The van der Waals surface area contributed by atoms with Gasteiger partial charge in [0.25, 0.3) is 0 Å². The second-order valence-electron chi connectivity index (χ2n) is 11.1. The third kappa shape index (κ3) is 7.09. The van der Waals surface area contributed by atoms with E-state index < -0.39 is 30.0 Å². The minimum atomic E-state index is -4.51. The van der Waals surface area contributed by atoms with Crippen LogP contribution in [-0.4, -0.2) is 74.0 Å². The van der Waals surface area contributed by atoms with Gasteiger partial charge < -0.3 is 14.2 Å². The summed E-state index contributed by atoms with van der Waals surface area (Å²) >= 11 is 5.95. The lowest BCUT2D eigenvalue weighted by Crippen LogP contribution is -2.50. The minimum Gasteiger partial charge on any atom is -0.457 e. The summed E-state index contributed by atoms with van der Waals surface area (Å²) in [4.78, 5) is 19.4. The van der Waals surface area contributed by atoms with Crippen LogP contribution in [0.4, 0.5) is 23.7 Å². The smallest absolute Gasteiger partial charge is 0.416 e. The molecule has 228 valence electrons. The number of amides is 1. The Kier molecular flexibility index (Phi) is 8.81. The molecule has 3 saturated heterocycles. The molecule has 1 unspecified atom stereocenters. The van der Waals surface area contributed by atoms with Crippen molar-refractivity contribution in [3.8, 4) is 11.5 Å². The van der Waals surface area contributed by atoms with E-state index in [2.05, 4.69) is 9.80 Å². The Bertz CT molecular complexity index is 1390. The van der Waals surface area contributed by atoms with Gasteiger partial charge in [-0.3, -0.25) is 14.7 Å². The molecule has 0 saturated carbocycles. The zero-order chi connectivity index (χ0) is 30.0. The molecule has 3 aromatic carbocycles. The first kappa shape index (κ1) is 29.7. The molecule has 1 amide bonds. The number of alkyl halides is 3. The molecular formula is C32H33ClF3N3O4. The fraction of sp³-hybridized carbons (Fsp3) is 0.406. The number of piperazine rings is 1. The number of carbonyl (C=O) groups is 1. The van der Waals surface area contributed by atoms with Crippen LogP contribution < -0.4 is 9.64 Å². The Morgan fingerprint density at radius 1 is 0.884 bits per heavy atom. The molecule has 43 heavy (non-hydrogen) atoms. The van der Waals surface area contributed by atoms with Gasteiger partial charge in [-0.15, -0.1) is 0 Å². The van der Waals surface area contributed by atoms with E-state index in [0.29, 0.717) is 34.3 Å². The number of rotatable bonds is 8. The zero-order valence-electron chi connectivity index (χ0n) is 23.5. The largest absolute Gasteiger partial charge is 0.457 e. The molecule has 0 spiro atoms. The van der Waals surface area contributed by atoms with Gasteiger partial charge in [-0.05, 0) is 79.1 Å². The van der Waals surface area contributed by atoms with E-state index in [0.717, 1.165) is 64.3 Å². The summed E-state index contributed by atoms with van der Waals surface area (Å²) in [5.74, 6) is 1.13. The molecule has 3 atom stereocenters. The van der Waals surface area contributed by atoms with Gasteiger partial charge in [-0.2, -0.15) is 13.2 Å². The van der Waals surface area contributed by atoms with Gasteiger partial charge in [0, 0.05) is 56.6 Å². The lowest BCUT2D eigenvalue weighted by molar-refractivity contribution is -0.137. The molecule has 0 bridgehead atoms. The van der Waals surface area contributed by atoms with Gasteiger partial charge in [0.2, 0.25) is 0 Å². The van der Waals surface area contributed by atoms with Gasteiger partial charge in [0.1, 0.15) is 23.6 Å². The van der Waals surface area contributed by atoms with E-state index in [1.807, 2.05) is 0 Å². The number of cyclic esters (lactones) is 1. The molecule has 6 rings (SSSR count). The topological polar surface area (TPSA) is 54.5 Å². The summed E-state index contributed by atoms with van der Waals surface area (Å²) in [7, 11) is 0. The number of nitrogens with zero attached hydrogens (tertiary/aromatic N) is 3. The molecular weight excluding hydrogens is 583 g/mol. The van der Waals surface area contributed by atoms with Crippen molar-refractivity contribution >= 4 is 23.4 Å². The first-order valence-electron chi connectivity index (χ1n) is 14.5. The molecule has 0 aliphatic carbocycles. The van der Waals surface area contributed by atoms with Crippen molar-refractivity contribution in [2.24, 2.45) is 0 Å². The minimum absolute atomic E-state index is 0.282. The second kappa shape index (κ2) is 12.7. The maximum Gasteiger partial charge on any atom is 0.416 e. The van der Waals surface area contributed by atoms with Crippen molar-refractivity contribution in [2.75, 3.05) is 50.8 Å². The van der Waals surface area contributed by atoms with E-state index >= 15 is 0 Å². The Labute approximate surface area is 253 Å². The Morgan fingerprint density at radius 2 is 1.53 bits per heavy atom. The molecule has 3 aromatic rings. The highest BCUT2D eigenvalue weighted by Crippen LogP contribution is 2.40. The zero-order valence-corrected chi connectivity index (χ0v) is 24.3. The van der Waals surface area contributed by atoms with Crippen LogP contribution in [0.1, 0.15) is 30.0 Å². The van der Waals surface area contributed by atoms with Crippen LogP contribution in [0.3, 0.4) is 0 Å². The summed E-state index contributed by atoms with van der Waals surface area (Å²) in [6, 6.07) is 18.2. The van der Waals surface area contributed by atoms with Gasteiger partial charge in [0.15, 0.2) is 0 Å². The lowest BCUT2D eigenvalue weighted by atomic mass is 9.97. The lowest BCUT2D eigenvalue weighted by Gasteiger charge is -2.37. The summed E-state index contributed by atoms with van der Waals surface area (Å²) in [6.45, 7) is 5.39. The van der Waals surface area contributed by atoms with Crippen molar-refractivity contribution in [1.82, 2.24) is 9.80 Å². The molecule has 0 aromatic heterocycles. The maximum atomic E-state index is 13.7. The summed E-state index contributed by atoms with van der Waals surface area (Å²) in [5.41, 5.74) is 0.0986. The first-order valence-corrected chi connectivity index (χ1v) is 14.9. The van der Waals surface area contributed by atoms with Gasteiger partial charge in [-0.25, -0.2) is 4.79 Å². The van der Waals surface area contributed by atoms with Crippen LogP contribution in [0.25, 0.3) is 0 Å². The normalized spacial score (nSPS) is 23.5. The second-order valence-corrected chi connectivity index (χ2v) is 11.6. The molecule has 0 radical (unpaired) electrons. The summed E-state index contributed by atoms with van der Waals surface area (Å²) in [6.07, 6.45) is -3.31. The van der Waals surface area contributed by atoms with E-state index in [9.17, 15) is 18.0 Å². The number of hydrogen-bond acceptors (Lipinski definition) is 6. The van der Waals surface area contributed by atoms with Gasteiger partial charge >= 0.3 is 12.3 Å². The van der Waals surface area contributed by atoms with Gasteiger partial charge in [0.05, 0.1) is 11.7 Å². The van der Waals surface area contributed by atoms with Crippen LogP contribution in [0.5, 0.6) is 11.5 Å². The standard InChI is InChI=1S/C32H33ClF3N3O4/c33-24-6-10-26(11-7-24)42-27-12-8-25(9-13-27)39-30(22-3-1-4-23(19-22)32(34,35)36)29(43-31(39)40)21-38-16-14-37(15-17-38)20-28-5-2-18-41-28/h1,3-4,6-13,19,28-30H,2,5,14-18,20-21H2/t28?,29-,30-/m0/s1. The predicted octanol–water partition coefficient (Wildman–Crippen LogP) is 7.01. The predicted molar refractivity (Wildman–Crippen MR) is 157 cm³/mol. The maximum absolute atomic E-state index is 13.7. The van der Waals surface area contributed by atoms with Crippen molar-refractivity contribution in [3.63, 3.8) is 0 Å². The number of benzene rings is 3. The highest BCUT2D eigenvalue weighted by atomic mass is 35.5. The van der Waals surface area contributed by atoms with Gasteiger partial charge in [-0.1, -0.05) is 23.7 Å². The van der Waals surface area contributed by atoms with E-state index in [1.54, 1.807) is 54.6 Å². The van der Waals surface area contributed by atoms with Crippen molar-refractivity contribution < 1.29 is 32.2 Å². The molecule has 0 N–H and O–H groups in total. The number of halogens is 4. The van der Waals surface area contributed by atoms with E-state index in [4.69, 9.17) is 25.8 Å². The van der Waals surface area contributed by atoms with Crippen LogP contribution in [0.15, 0.2) is 72.8 Å². The highest BCUT2D eigenvalue weighted by Gasteiger charge is 2.45. The van der Waals surface area contributed by atoms with E-state index in [-0.39, 0.29) is 6.10 Å². The molecule has 3 heterocycles. The Hall–Kier alpha value is -3.31. The average molecular weight is 616 g/mol. The van der Waals surface area contributed by atoms with Crippen LogP contribution in [0.2, 0.25) is 5.02 Å². The molecule has 7 nitrogen and oxygen atoms in total. The average Bonchev–Trinajstić information content (AvgIpc) is 3.62. The molecule has 3 aliphatic rings. The number of ether oxygens (including phenoxy) is 3. The van der Waals surface area contributed by atoms with Crippen LogP contribution in [-0.2, 0) is 15.7 Å². The first-order chi connectivity index (χ1) is 20.7. The van der Waals surface area contributed by atoms with Crippen molar-refractivity contribution in [3.05, 3.63) is 88.9 Å². The SMILES string of the molecule is O=C1O[C@@H](CN2CCN(CC3CCCO3)CC2)[C@H](c2cccc(C(F)(F)F)c2)N1c1ccc(Oc2ccc(Cl)cc2)cc1. The van der Waals surface area contributed by atoms with E-state index in [1.165, 1.54) is 11.0 Å². The van der Waals surface area contributed by atoms with Crippen LogP contribution >= 0.6 is 11.6 Å². The highest BCUT2D eigenvalue weighted by molar-refractivity contribution is 6.30. The molecule has 3 aliphatic heterocycles. The third-order valence-electron chi connectivity index (χ3n) is 8.19. The Morgan fingerprint density at radius 3 is 2.16 bits per heavy atom. The Balaban J connectivity index is 1.21. The molecule has 11 heteroatoms. The van der Waals surface area contributed by atoms with Crippen molar-refractivity contribution in [1.29, 1.82) is 0 Å². The van der Waals surface area contributed by atoms with Crippen molar-refractivity contribution in [2.45, 2.75) is 37.3 Å². The fourth-order valence-corrected chi connectivity index (χ4v) is 6.12. The third-order valence-corrected chi connectivity index (χ3v) is 8.44. The summed E-state index contributed by atoms with van der Waals surface area (Å²) in [5, 5.41) is 0.589. The number of anilines is 1. The summed E-state index contributed by atoms with van der Waals surface area (Å²) < 4.78 is 58.6. The van der Waals surface area contributed by atoms with Crippen LogP contribution in [0, 0.1) is 0 Å². The monoisotopic (exact) mass is 615 g/mol. The fourth-order valence-electron chi connectivity index (χ4n) is 6.00. The number of hydrogen-bond donors (Lipinski definition) is 0. The molecule has 3 fully saturated rings. The number of carbonyl (C=O) groups excluding carboxylic acids is 1.